The monoisotopic (exact) mass is 258 g/mol. The second kappa shape index (κ2) is 5.15. The molecule has 0 aliphatic heterocycles. The molecule has 0 heterocycles. The number of carbonyl (C=O) groups is 1. The highest BCUT2D eigenvalue weighted by atomic mass is 32.2. The van der Waals surface area contributed by atoms with Crippen molar-refractivity contribution < 1.29 is 18.3 Å². The van der Waals surface area contributed by atoms with E-state index >= 15 is 0 Å². The van der Waals surface area contributed by atoms with Crippen LogP contribution in [-0.4, -0.2) is 26.0 Å². The summed E-state index contributed by atoms with van der Waals surface area (Å²) in [4.78, 5) is 10.5. The minimum absolute atomic E-state index is 0.0265. The first-order chi connectivity index (χ1) is 7.88. The molecule has 0 spiro atoms. The fourth-order valence-electron chi connectivity index (χ4n) is 1.21. The SMILES string of the molecule is CCCNS(=O)(=O)c1cc(C(=O)O)ccc1N. The van der Waals surface area contributed by atoms with Crippen molar-refractivity contribution in [3.8, 4) is 0 Å². The van der Waals surface area contributed by atoms with Gasteiger partial charge in [-0.3, -0.25) is 0 Å². The van der Waals surface area contributed by atoms with Gasteiger partial charge in [-0.2, -0.15) is 0 Å². The van der Waals surface area contributed by atoms with E-state index in [4.69, 9.17) is 10.8 Å². The number of hydrogen-bond donors (Lipinski definition) is 3. The molecule has 4 N–H and O–H groups in total. The van der Waals surface area contributed by atoms with E-state index in [1.165, 1.54) is 12.1 Å². The first-order valence-electron chi connectivity index (χ1n) is 5.01. The second-order valence-corrected chi connectivity index (χ2v) is 5.19. The quantitative estimate of drug-likeness (QED) is 0.672. The van der Waals surface area contributed by atoms with Crippen molar-refractivity contribution in [1.82, 2.24) is 4.72 Å². The molecule has 1 aromatic carbocycles. The standard InChI is InChI=1S/C10H14N2O4S/c1-2-5-12-17(15,16)9-6-7(10(13)14)3-4-8(9)11/h3-4,6,12H,2,5,11H2,1H3,(H,13,14). The molecule has 6 nitrogen and oxygen atoms in total. The zero-order valence-electron chi connectivity index (χ0n) is 9.30. The van der Waals surface area contributed by atoms with Gasteiger partial charge in [0.05, 0.1) is 11.3 Å². The summed E-state index contributed by atoms with van der Waals surface area (Å²) in [5, 5.41) is 8.79. The van der Waals surface area contributed by atoms with Gasteiger partial charge in [-0.15, -0.1) is 0 Å². The van der Waals surface area contributed by atoms with Crippen LogP contribution >= 0.6 is 0 Å². The van der Waals surface area contributed by atoms with E-state index in [0.717, 1.165) is 6.07 Å². The van der Waals surface area contributed by atoms with Crippen LogP contribution in [0.4, 0.5) is 5.69 Å². The third-order valence-electron chi connectivity index (χ3n) is 2.09. The minimum atomic E-state index is -3.75. The van der Waals surface area contributed by atoms with Crippen LogP contribution in [-0.2, 0) is 10.0 Å². The lowest BCUT2D eigenvalue weighted by atomic mass is 10.2. The average Bonchev–Trinajstić information content (AvgIpc) is 2.26. The number of sulfonamides is 1. The van der Waals surface area contributed by atoms with Crippen molar-refractivity contribution in [1.29, 1.82) is 0 Å². The van der Waals surface area contributed by atoms with Gasteiger partial charge in [0.2, 0.25) is 10.0 Å². The number of aromatic carboxylic acids is 1. The minimum Gasteiger partial charge on any atom is -0.478 e. The van der Waals surface area contributed by atoms with E-state index in [1.54, 1.807) is 0 Å². The van der Waals surface area contributed by atoms with Crippen LogP contribution in [0, 0.1) is 0 Å². The van der Waals surface area contributed by atoms with Crippen LogP contribution in [0.15, 0.2) is 23.1 Å². The molecule has 0 aliphatic carbocycles. The van der Waals surface area contributed by atoms with Gasteiger partial charge in [-0.05, 0) is 24.6 Å². The first kappa shape index (κ1) is 13.5. The average molecular weight is 258 g/mol. The molecule has 0 atom stereocenters. The number of nitrogens with two attached hydrogens (primary N) is 1. The van der Waals surface area contributed by atoms with Gasteiger partial charge >= 0.3 is 5.97 Å². The normalized spacial score (nSPS) is 11.4. The first-order valence-corrected chi connectivity index (χ1v) is 6.49. The zero-order valence-corrected chi connectivity index (χ0v) is 10.1. The van der Waals surface area contributed by atoms with Gasteiger partial charge in [0.25, 0.3) is 0 Å². The Kier molecular flexibility index (Phi) is 4.08. The van der Waals surface area contributed by atoms with Crippen molar-refractivity contribution in [2.75, 3.05) is 12.3 Å². The van der Waals surface area contributed by atoms with Gasteiger partial charge in [-0.1, -0.05) is 6.92 Å². The van der Waals surface area contributed by atoms with E-state index in [0.29, 0.717) is 6.42 Å². The Bertz CT molecular complexity index is 525. The molecule has 94 valence electrons. The lowest BCUT2D eigenvalue weighted by Crippen LogP contribution is -2.25. The molecule has 0 unspecified atom stereocenters. The number of carboxylic acid groups (broad SMARTS) is 1. The van der Waals surface area contributed by atoms with Crippen molar-refractivity contribution in [2.24, 2.45) is 0 Å². The number of nitrogen functional groups attached to an aromatic ring is 1. The number of carboxylic acids is 1. The van der Waals surface area contributed by atoms with Gasteiger partial charge in [0.1, 0.15) is 4.90 Å². The zero-order chi connectivity index (χ0) is 13.1. The van der Waals surface area contributed by atoms with E-state index in [1.807, 2.05) is 6.92 Å². The maximum Gasteiger partial charge on any atom is 0.335 e. The molecule has 0 bridgehead atoms. The highest BCUT2D eigenvalue weighted by Gasteiger charge is 2.18. The van der Waals surface area contributed by atoms with Crippen LogP contribution in [0.3, 0.4) is 0 Å². The predicted octanol–water partition coefficient (Wildman–Crippen LogP) is 0.655. The number of rotatable bonds is 5. The Labute approximate surface area is 99.5 Å². The molecule has 7 heteroatoms. The highest BCUT2D eigenvalue weighted by Crippen LogP contribution is 2.19. The molecule has 0 radical (unpaired) electrons. The molecule has 0 aliphatic rings. The molecular weight excluding hydrogens is 244 g/mol. The number of benzene rings is 1. The van der Waals surface area contributed by atoms with Crippen molar-refractivity contribution in [2.45, 2.75) is 18.2 Å². The Hall–Kier alpha value is -1.60. The summed E-state index contributed by atoms with van der Waals surface area (Å²) in [6.07, 6.45) is 0.637. The third-order valence-corrected chi connectivity index (χ3v) is 3.61. The Morgan fingerprint density at radius 2 is 2.12 bits per heavy atom. The second-order valence-electron chi connectivity index (χ2n) is 3.46. The van der Waals surface area contributed by atoms with Crippen LogP contribution in [0.25, 0.3) is 0 Å². The van der Waals surface area contributed by atoms with E-state index in [-0.39, 0.29) is 22.7 Å². The van der Waals surface area contributed by atoms with Gasteiger partial charge < -0.3 is 10.8 Å². The van der Waals surface area contributed by atoms with Gasteiger partial charge in [0.15, 0.2) is 0 Å². The van der Waals surface area contributed by atoms with E-state index in [9.17, 15) is 13.2 Å². The topological polar surface area (TPSA) is 109 Å². The summed E-state index contributed by atoms with van der Waals surface area (Å²) in [5.41, 5.74) is 5.45. The summed E-state index contributed by atoms with van der Waals surface area (Å²) in [6, 6.07) is 3.58. The maximum absolute atomic E-state index is 11.8. The molecule has 0 amide bonds. The molecule has 0 aromatic heterocycles. The molecule has 0 saturated carbocycles. The van der Waals surface area contributed by atoms with Crippen LogP contribution in [0.1, 0.15) is 23.7 Å². The van der Waals surface area contributed by atoms with Gasteiger partial charge in [-0.25, -0.2) is 17.9 Å². The van der Waals surface area contributed by atoms with Crippen LogP contribution in [0.2, 0.25) is 0 Å². The molecular formula is C10H14N2O4S. The lowest BCUT2D eigenvalue weighted by Gasteiger charge is -2.09. The van der Waals surface area contributed by atoms with E-state index < -0.39 is 16.0 Å². The molecule has 17 heavy (non-hydrogen) atoms. The number of nitrogens with one attached hydrogen (secondary N) is 1. The van der Waals surface area contributed by atoms with Crippen LogP contribution in [0.5, 0.6) is 0 Å². The summed E-state index contributed by atoms with van der Waals surface area (Å²) < 4.78 is 25.9. The van der Waals surface area contributed by atoms with Crippen molar-refractivity contribution >= 4 is 21.7 Å². The fourth-order valence-corrected chi connectivity index (χ4v) is 2.50. The Morgan fingerprint density at radius 1 is 1.47 bits per heavy atom. The largest absolute Gasteiger partial charge is 0.478 e. The Morgan fingerprint density at radius 3 is 2.65 bits per heavy atom. The molecule has 0 fully saturated rings. The highest BCUT2D eigenvalue weighted by molar-refractivity contribution is 7.89. The van der Waals surface area contributed by atoms with Crippen molar-refractivity contribution in [3.05, 3.63) is 23.8 Å². The molecule has 1 rings (SSSR count). The fraction of sp³-hybridized carbons (Fsp3) is 0.300. The van der Waals surface area contributed by atoms with Crippen molar-refractivity contribution in [3.63, 3.8) is 0 Å². The van der Waals surface area contributed by atoms with E-state index in [2.05, 4.69) is 4.72 Å². The number of hydrogen-bond acceptors (Lipinski definition) is 4. The lowest BCUT2D eigenvalue weighted by molar-refractivity contribution is 0.0696. The maximum atomic E-state index is 11.8. The molecule has 0 saturated heterocycles. The smallest absolute Gasteiger partial charge is 0.335 e. The summed E-state index contributed by atoms with van der Waals surface area (Å²) in [6.45, 7) is 2.10. The summed E-state index contributed by atoms with van der Waals surface area (Å²) in [5.74, 6) is -1.20. The summed E-state index contributed by atoms with van der Waals surface area (Å²) in [7, 11) is -3.75. The Balaban J connectivity index is 3.20. The molecule has 1 aromatic rings. The van der Waals surface area contributed by atoms with Crippen LogP contribution < -0.4 is 10.5 Å². The number of anilines is 1. The predicted molar refractivity (Wildman–Crippen MR) is 63.3 cm³/mol. The van der Waals surface area contributed by atoms with Gasteiger partial charge in [0, 0.05) is 6.54 Å². The third kappa shape index (κ3) is 3.18. The summed E-state index contributed by atoms with van der Waals surface area (Å²) >= 11 is 0.